The third-order valence-electron chi connectivity index (χ3n) is 2.60. The zero-order chi connectivity index (χ0) is 15.8. The molecule has 0 aliphatic heterocycles. The summed E-state index contributed by atoms with van der Waals surface area (Å²) in [5.41, 5.74) is 5.44. The molecule has 1 aromatic carbocycles. The van der Waals surface area contributed by atoms with Gasteiger partial charge in [-0.05, 0) is 25.1 Å². The Morgan fingerprint density at radius 3 is 2.67 bits per heavy atom. The Labute approximate surface area is 122 Å². The van der Waals surface area contributed by atoms with Gasteiger partial charge in [0.1, 0.15) is 5.75 Å². The number of nitrogens with two attached hydrogens (primary N) is 1. The molecule has 3 N–H and O–H groups in total. The smallest absolute Gasteiger partial charge is 0.307 e. The molecule has 2 amide bonds. The van der Waals surface area contributed by atoms with Crippen molar-refractivity contribution in [1.82, 2.24) is 5.32 Å². The van der Waals surface area contributed by atoms with E-state index in [9.17, 15) is 14.4 Å². The molecule has 0 heterocycles. The third-order valence-corrected chi connectivity index (χ3v) is 2.60. The molecule has 0 fully saturated rings. The maximum Gasteiger partial charge on any atom is 0.307 e. The van der Waals surface area contributed by atoms with Crippen molar-refractivity contribution in [3.05, 3.63) is 29.8 Å². The van der Waals surface area contributed by atoms with Crippen LogP contribution in [0.15, 0.2) is 24.3 Å². The highest BCUT2D eigenvalue weighted by molar-refractivity contribution is 5.93. The average molecular weight is 294 g/mol. The van der Waals surface area contributed by atoms with Crippen molar-refractivity contribution in [2.24, 2.45) is 5.73 Å². The van der Waals surface area contributed by atoms with Crippen LogP contribution in [0.1, 0.15) is 23.7 Å². The Morgan fingerprint density at radius 2 is 2.05 bits per heavy atom. The number of nitrogens with one attached hydrogen (secondary N) is 1. The first kappa shape index (κ1) is 16.5. The van der Waals surface area contributed by atoms with Crippen molar-refractivity contribution < 1.29 is 23.9 Å². The molecule has 0 bridgehead atoms. The van der Waals surface area contributed by atoms with Crippen molar-refractivity contribution in [1.29, 1.82) is 0 Å². The molecule has 0 saturated heterocycles. The molecule has 114 valence electrons. The quantitative estimate of drug-likeness (QED) is 0.700. The van der Waals surface area contributed by atoms with Gasteiger partial charge in [0.25, 0.3) is 5.91 Å². The number of methoxy groups -OCH3 is 1. The van der Waals surface area contributed by atoms with E-state index in [0.29, 0.717) is 11.3 Å². The molecule has 7 nitrogen and oxygen atoms in total. The molecule has 0 aliphatic rings. The Balaban J connectivity index is 2.44. The van der Waals surface area contributed by atoms with Crippen LogP contribution in [0.25, 0.3) is 0 Å². The van der Waals surface area contributed by atoms with Gasteiger partial charge in [-0.15, -0.1) is 0 Å². The van der Waals surface area contributed by atoms with Crippen LogP contribution < -0.4 is 15.8 Å². The van der Waals surface area contributed by atoms with E-state index in [1.807, 2.05) is 0 Å². The molecular formula is C14H18N2O5. The van der Waals surface area contributed by atoms with Crippen molar-refractivity contribution in [3.63, 3.8) is 0 Å². The van der Waals surface area contributed by atoms with Crippen LogP contribution in [0.4, 0.5) is 0 Å². The van der Waals surface area contributed by atoms with Crippen molar-refractivity contribution in [3.8, 4) is 5.75 Å². The normalized spacial score (nSPS) is 11.3. The number of hydrogen-bond acceptors (Lipinski definition) is 5. The molecule has 7 heteroatoms. The van der Waals surface area contributed by atoms with Crippen LogP contribution in [-0.4, -0.2) is 37.5 Å². The summed E-state index contributed by atoms with van der Waals surface area (Å²) < 4.78 is 9.76. The van der Waals surface area contributed by atoms with E-state index in [1.165, 1.54) is 13.2 Å². The highest BCUT2D eigenvalue weighted by Gasteiger charge is 2.12. The van der Waals surface area contributed by atoms with Crippen LogP contribution in [0.2, 0.25) is 0 Å². The number of carbonyl (C=O) groups excluding carboxylic acids is 3. The van der Waals surface area contributed by atoms with Gasteiger partial charge in [-0.2, -0.15) is 0 Å². The van der Waals surface area contributed by atoms with Gasteiger partial charge in [-0.25, -0.2) is 0 Å². The second-order valence-electron chi connectivity index (χ2n) is 4.43. The van der Waals surface area contributed by atoms with E-state index < -0.39 is 11.9 Å². The van der Waals surface area contributed by atoms with Gasteiger partial charge in [0.05, 0.1) is 13.5 Å². The van der Waals surface area contributed by atoms with Gasteiger partial charge in [0.15, 0.2) is 6.61 Å². The summed E-state index contributed by atoms with van der Waals surface area (Å²) in [6.45, 7) is 1.45. The van der Waals surface area contributed by atoms with Gasteiger partial charge < -0.3 is 20.5 Å². The molecule has 21 heavy (non-hydrogen) atoms. The lowest BCUT2D eigenvalue weighted by atomic mass is 10.2. The highest BCUT2D eigenvalue weighted by Crippen LogP contribution is 2.12. The number of benzene rings is 1. The van der Waals surface area contributed by atoms with Crippen molar-refractivity contribution in [2.75, 3.05) is 13.7 Å². The van der Waals surface area contributed by atoms with Crippen LogP contribution in [-0.2, 0) is 14.3 Å². The lowest BCUT2D eigenvalue weighted by Gasteiger charge is -2.13. The first-order chi connectivity index (χ1) is 9.92. The summed E-state index contributed by atoms with van der Waals surface area (Å²) in [4.78, 5) is 33.7. The molecule has 1 atom stereocenters. The van der Waals surface area contributed by atoms with E-state index in [4.69, 9.17) is 10.5 Å². The van der Waals surface area contributed by atoms with Gasteiger partial charge in [0, 0.05) is 11.6 Å². The minimum atomic E-state index is -0.573. The third kappa shape index (κ3) is 5.94. The largest absolute Gasteiger partial charge is 0.484 e. The molecule has 1 aromatic rings. The van der Waals surface area contributed by atoms with Crippen LogP contribution >= 0.6 is 0 Å². The second-order valence-corrected chi connectivity index (χ2v) is 4.43. The molecule has 0 radical (unpaired) electrons. The zero-order valence-electron chi connectivity index (χ0n) is 11.9. The fourth-order valence-electron chi connectivity index (χ4n) is 1.59. The zero-order valence-corrected chi connectivity index (χ0v) is 11.9. The Bertz CT molecular complexity index is 530. The Kier molecular flexibility index (Phi) is 6.19. The van der Waals surface area contributed by atoms with Gasteiger partial charge in [0.2, 0.25) is 5.91 Å². The summed E-state index contributed by atoms with van der Waals surface area (Å²) in [6.07, 6.45) is 0.0827. The second kappa shape index (κ2) is 7.88. The van der Waals surface area contributed by atoms with E-state index in [0.717, 1.165) is 0 Å². The molecule has 0 spiro atoms. The number of hydrogen-bond donors (Lipinski definition) is 2. The summed E-state index contributed by atoms with van der Waals surface area (Å²) in [5, 5.41) is 2.60. The summed E-state index contributed by atoms with van der Waals surface area (Å²) in [7, 11) is 1.28. The lowest BCUT2D eigenvalue weighted by Crippen LogP contribution is -2.37. The predicted octanol–water partition coefficient (Wildman–Crippen LogP) is 0.232. The summed E-state index contributed by atoms with van der Waals surface area (Å²) >= 11 is 0. The number of amides is 2. The minimum absolute atomic E-state index is 0.0827. The molecule has 1 rings (SSSR count). The Hall–Kier alpha value is -2.57. The van der Waals surface area contributed by atoms with Gasteiger partial charge in [-0.1, -0.05) is 6.07 Å². The Morgan fingerprint density at radius 1 is 1.33 bits per heavy atom. The van der Waals surface area contributed by atoms with Gasteiger partial charge in [-0.3, -0.25) is 14.4 Å². The fraction of sp³-hybridized carbons (Fsp3) is 0.357. The number of esters is 1. The molecule has 0 aromatic heterocycles. The van der Waals surface area contributed by atoms with E-state index in [1.54, 1.807) is 25.1 Å². The van der Waals surface area contributed by atoms with Crippen LogP contribution in [0.5, 0.6) is 5.75 Å². The fourth-order valence-corrected chi connectivity index (χ4v) is 1.59. The maximum absolute atomic E-state index is 11.6. The SMILES string of the molecule is COC(=O)CC(C)NC(=O)COc1cccc(C(N)=O)c1. The lowest BCUT2D eigenvalue weighted by molar-refractivity contribution is -0.141. The van der Waals surface area contributed by atoms with E-state index >= 15 is 0 Å². The molecular weight excluding hydrogens is 276 g/mol. The highest BCUT2D eigenvalue weighted by atomic mass is 16.5. The average Bonchev–Trinajstić information content (AvgIpc) is 2.45. The molecule has 0 aliphatic carbocycles. The standard InChI is InChI=1S/C14H18N2O5/c1-9(6-13(18)20-2)16-12(17)8-21-11-5-3-4-10(7-11)14(15)19/h3-5,7,9H,6,8H2,1-2H3,(H2,15,19)(H,16,17). The topological polar surface area (TPSA) is 108 Å². The maximum atomic E-state index is 11.6. The summed E-state index contributed by atoms with van der Waals surface area (Å²) in [5.74, 6) is -0.993. The first-order valence-corrected chi connectivity index (χ1v) is 6.31. The molecule has 0 saturated carbocycles. The van der Waals surface area contributed by atoms with Gasteiger partial charge >= 0.3 is 5.97 Å². The number of carbonyl (C=O) groups is 3. The van der Waals surface area contributed by atoms with E-state index in [2.05, 4.69) is 10.1 Å². The number of ether oxygens (including phenoxy) is 2. The number of rotatable bonds is 7. The predicted molar refractivity (Wildman–Crippen MR) is 74.7 cm³/mol. The number of primary amides is 1. The monoisotopic (exact) mass is 294 g/mol. The first-order valence-electron chi connectivity index (χ1n) is 6.31. The van der Waals surface area contributed by atoms with E-state index in [-0.39, 0.29) is 25.0 Å². The summed E-state index contributed by atoms with van der Waals surface area (Å²) in [6, 6.07) is 5.86. The van der Waals surface area contributed by atoms with Crippen molar-refractivity contribution in [2.45, 2.75) is 19.4 Å². The van der Waals surface area contributed by atoms with Crippen LogP contribution in [0.3, 0.4) is 0 Å². The van der Waals surface area contributed by atoms with Crippen molar-refractivity contribution >= 4 is 17.8 Å². The van der Waals surface area contributed by atoms with Crippen LogP contribution in [0, 0.1) is 0 Å². The minimum Gasteiger partial charge on any atom is -0.484 e. The molecule has 1 unspecified atom stereocenters.